The molecule has 18 heavy (non-hydrogen) atoms. The third kappa shape index (κ3) is 2.56. The summed E-state index contributed by atoms with van der Waals surface area (Å²) in [5.74, 6) is -0.549. The lowest BCUT2D eigenvalue weighted by Gasteiger charge is -1.99. The van der Waals surface area contributed by atoms with E-state index >= 15 is 0 Å². The van der Waals surface area contributed by atoms with Gasteiger partial charge in [0.05, 0.1) is 4.88 Å². The van der Waals surface area contributed by atoms with E-state index in [0.29, 0.717) is 17.0 Å². The lowest BCUT2D eigenvalue weighted by atomic mass is 10.2. The largest absolute Gasteiger partial charge is 0.443 e. The highest BCUT2D eigenvalue weighted by molar-refractivity contribution is 7.13. The van der Waals surface area contributed by atoms with Gasteiger partial charge in [-0.25, -0.2) is 9.97 Å². The summed E-state index contributed by atoms with van der Waals surface area (Å²) in [5.41, 5.74) is 0.744. The lowest BCUT2D eigenvalue weighted by Crippen LogP contribution is -2.03. The number of hydrogen-bond acceptors (Lipinski definition) is 4. The second-order valence-corrected chi connectivity index (χ2v) is 4.55. The Morgan fingerprint density at radius 3 is 2.61 bits per heavy atom. The molecule has 94 valence electrons. The van der Waals surface area contributed by atoms with Gasteiger partial charge >= 0.3 is 6.18 Å². The van der Waals surface area contributed by atoms with E-state index in [1.54, 1.807) is 19.1 Å². The number of carbonyl (C=O) groups is 1. The molecule has 0 unspecified atom stereocenters. The first-order chi connectivity index (χ1) is 8.38. The molecule has 0 saturated carbocycles. The first-order valence-corrected chi connectivity index (χ1v) is 5.71. The molecule has 0 bridgehead atoms. The molecule has 3 nitrogen and oxygen atoms in total. The predicted octanol–water partition coefficient (Wildman–Crippen LogP) is 3.10. The van der Waals surface area contributed by atoms with Crippen LogP contribution in [-0.2, 0) is 6.18 Å². The molecule has 0 saturated heterocycles. The summed E-state index contributed by atoms with van der Waals surface area (Å²) in [6.45, 7) is 1.70. The minimum absolute atomic E-state index is 0.0691. The Bertz CT molecular complexity index is 592. The Kier molecular flexibility index (Phi) is 3.16. The Morgan fingerprint density at radius 1 is 1.33 bits per heavy atom. The van der Waals surface area contributed by atoms with Crippen molar-refractivity contribution in [2.24, 2.45) is 0 Å². The van der Waals surface area contributed by atoms with Crippen molar-refractivity contribution in [3.05, 3.63) is 45.7 Å². The van der Waals surface area contributed by atoms with Crippen LogP contribution < -0.4 is 0 Å². The molecule has 0 amide bonds. The summed E-state index contributed by atoms with van der Waals surface area (Å²) in [4.78, 5) is 19.0. The van der Waals surface area contributed by atoms with Gasteiger partial charge < -0.3 is 0 Å². The molecule has 2 rings (SSSR count). The van der Waals surface area contributed by atoms with Gasteiger partial charge in [0.15, 0.2) is 5.01 Å². The monoisotopic (exact) mass is 272 g/mol. The highest BCUT2D eigenvalue weighted by Gasteiger charge is 2.35. The standard InChI is InChI=1S/C11H7F3N2OS/c1-6-3-2-4-7(16-6)9(17)8-5-15-10(18-8)11(12,13)14/h2-5H,1H3. The van der Waals surface area contributed by atoms with E-state index in [2.05, 4.69) is 9.97 Å². The smallest absolute Gasteiger partial charge is 0.286 e. The molecule has 0 atom stereocenters. The van der Waals surface area contributed by atoms with Gasteiger partial charge in [0.2, 0.25) is 5.78 Å². The van der Waals surface area contributed by atoms with E-state index in [-0.39, 0.29) is 10.6 Å². The summed E-state index contributed by atoms with van der Waals surface area (Å²) in [6.07, 6.45) is -3.59. The first kappa shape index (κ1) is 12.7. The molecule has 2 heterocycles. The summed E-state index contributed by atoms with van der Waals surface area (Å²) in [7, 11) is 0. The number of rotatable bonds is 2. The number of pyridine rings is 1. The maximum atomic E-state index is 12.4. The lowest BCUT2D eigenvalue weighted by molar-refractivity contribution is -0.137. The topological polar surface area (TPSA) is 42.9 Å². The Labute approximate surface area is 104 Å². The SMILES string of the molecule is Cc1cccc(C(=O)c2cnc(C(F)(F)F)s2)n1. The summed E-state index contributed by atoms with van der Waals surface area (Å²) >= 11 is 0.323. The van der Waals surface area contributed by atoms with Gasteiger partial charge in [-0.05, 0) is 19.1 Å². The van der Waals surface area contributed by atoms with Crippen LogP contribution in [0, 0.1) is 6.92 Å². The molecular formula is C11H7F3N2OS. The fourth-order valence-electron chi connectivity index (χ4n) is 1.31. The number of nitrogens with zero attached hydrogens (tertiary/aromatic N) is 2. The van der Waals surface area contributed by atoms with Gasteiger partial charge in [0.25, 0.3) is 0 Å². The zero-order valence-electron chi connectivity index (χ0n) is 9.15. The number of alkyl halides is 3. The molecule has 0 N–H and O–H groups in total. The second kappa shape index (κ2) is 4.49. The van der Waals surface area contributed by atoms with Crippen LogP contribution in [0.5, 0.6) is 0 Å². The molecule has 0 fully saturated rings. The fourth-order valence-corrected chi connectivity index (χ4v) is 2.04. The fraction of sp³-hybridized carbons (Fsp3) is 0.182. The highest BCUT2D eigenvalue weighted by Crippen LogP contribution is 2.32. The van der Waals surface area contributed by atoms with Crippen LogP contribution in [0.1, 0.15) is 26.1 Å². The second-order valence-electron chi connectivity index (χ2n) is 3.52. The first-order valence-electron chi connectivity index (χ1n) is 4.89. The quantitative estimate of drug-likeness (QED) is 0.789. The normalized spacial score (nSPS) is 11.6. The van der Waals surface area contributed by atoms with Crippen LogP contribution in [0.4, 0.5) is 13.2 Å². The van der Waals surface area contributed by atoms with E-state index < -0.39 is 17.0 Å². The molecule has 2 aromatic rings. The van der Waals surface area contributed by atoms with Crippen LogP contribution in [0.15, 0.2) is 24.4 Å². The number of halogens is 3. The minimum Gasteiger partial charge on any atom is -0.286 e. The van der Waals surface area contributed by atoms with Crippen molar-refractivity contribution in [1.82, 2.24) is 9.97 Å². The van der Waals surface area contributed by atoms with Crippen LogP contribution in [-0.4, -0.2) is 15.8 Å². The third-order valence-corrected chi connectivity index (χ3v) is 3.13. The number of thiazole rings is 1. The number of hydrogen-bond donors (Lipinski definition) is 0. The van der Waals surface area contributed by atoms with Crippen molar-refractivity contribution >= 4 is 17.1 Å². The van der Waals surface area contributed by atoms with Gasteiger partial charge in [-0.1, -0.05) is 6.07 Å². The van der Waals surface area contributed by atoms with E-state index in [1.807, 2.05) is 0 Å². The van der Waals surface area contributed by atoms with Crippen molar-refractivity contribution in [2.75, 3.05) is 0 Å². The van der Waals surface area contributed by atoms with Gasteiger partial charge in [0.1, 0.15) is 5.69 Å². The molecule has 0 spiro atoms. The number of carbonyl (C=O) groups excluding carboxylic acids is 1. The molecule has 0 radical (unpaired) electrons. The number of aromatic nitrogens is 2. The van der Waals surface area contributed by atoms with Crippen LogP contribution in [0.3, 0.4) is 0 Å². The molecule has 0 aliphatic rings. The summed E-state index contributed by atoms with van der Waals surface area (Å²) in [5, 5.41) is -1.03. The van der Waals surface area contributed by atoms with E-state index in [0.717, 1.165) is 6.20 Å². The predicted molar refractivity (Wildman–Crippen MR) is 59.5 cm³/mol. The Morgan fingerprint density at radius 2 is 2.06 bits per heavy atom. The van der Waals surface area contributed by atoms with Gasteiger partial charge in [-0.3, -0.25) is 4.79 Å². The van der Waals surface area contributed by atoms with Crippen molar-refractivity contribution in [3.63, 3.8) is 0 Å². The molecule has 0 aliphatic carbocycles. The van der Waals surface area contributed by atoms with E-state index in [9.17, 15) is 18.0 Å². The van der Waals surface area contributed by atoms with E-state index in [1.165, 1.54) is 6.07 Å². The van der Waals surface area contributed by atoms with Crippen LogP contribution >= 0.6 is 11.3 Å². The molecule has 0 aromatic carbocycles. The van der Waals surface area contributed by atoms with Crippen LogP contribution in [0.2, 0.25) is 0 Å². The van der Waals surface area contributed by atoms with Crippen molar-refractivity contribution in [3.8, 4) is 0 Å². The zero-order chi connectivity index (χ0) is 13.3. The maximum Gasteiger partial charge on any atom is 0.443 e. The van der Waals surface area contributed by atoms with Crippen molar-refractivity contribution in [2.45, 2.75) is 13.1 Å². The molecular weight excluding hydrogens is 265 g/mol. The minimum atomic E-state index is -4.52. The van der Waals surface area contributed by atoms with E-state index in [4.69, 9.17) is 0 Å². The van der Waals surface area contributed by atoms with Crippen molar-refractivity contribution in [1.29, 1.82) is 0 Å². The van der Waals surface area contributed by atoms with Gasteiger partial charge in [-0.2, -0.15) is 13.2 Å². The summed E-state index contributed by atoms with van der Waals surface area (Å²) < 4.78 is 37.1. The summed E-state index contributed by atoms with van der Waals surface area (Å²) in [6, 6.07) is 4.79. The number of aryl methyl sites for hydroxylation is 1. The third-order valence-electron chi connectivity index (χ3n) is 2.09. The average Bonchev–Trinajstić information content (AvgIpc) is 2.77. The number of ketones is 1. The van der Waals surface area contributed by atoms with Crippen molar-refractivity contribution < 1.29 is 18.0 Å². The molecule has 7 heteroatoms. The highest BCUT2D eigenvalue weighted by atomic mass is 32.1. The Balaban J connectivity index is 2.33. The van der Waals surface area contributed by atoms with Crippen LogP contribution in [0.25, 0.3) is 0 Å². The molecule has 0 aliphatic heterocycles. The maximum absolute atomic E-state index is 12.4. The van der Waals surface area contributed by atoms with Gasteiger partial charge in [-0.15, -0.1) is 11.3 Å². The Hall–Kier alpha value is -1.76. The zero-order valence-corrected chi connectivity index (χ0v) is 9.97. The molecule has 2 aromatic heterocycles. The average molecular weight is 272 g/mol. The van der Waals surface area contributed by atoms with Gasteiger partial charge in [0, 0.05) is 11.9 Å².